The predicted molar refractivity (Wildman–Crippen MR) is 107 cm³/mol. The van der Waals surface area contributed by atoms with Gasteiger partial charge in [-0.05, 0) is 56.5 Å². The van der Waals surface area contributed by atoms with E-state index in [9.17, 15) is 0 Å². The molecule has 5 rings (SSSR count). The van der Waals surface area contributed by atoms with Crippen molar-refractivity contribution in [2.75, 3.05) is 37.6 Å². The molecule has 3 aliphatic rings. The number of hydrogen-bond acceptors (Lipinski definition) is 5. The van der Waals surface area contributed by atoms with Gasteiger partial charge < -0.3 is 14.8 Å². The first kappa shape index (κ1) is 17.2. The molecule has 0 spiro atoms. The third kappa shape index (κ3) is 3.60. The maximum Gasteiger partial charge on any atom is 0.147 e. The van der Waals surface area contributed by atoms with Crippen LogP contribution in [0, 0.1) is 0 Å². The summed E-state index contributed by atoms with van der Waals surface area (Å²) < 4.78 is 2.36. The van der Waals surface area contributed by atoms with Gasteiger partial charge in [-0.25, -0.2) is 0 Å². The molecule has 27 heavy (non-hydrogen) atoms. The lowest BCUT2D eigenvalue weighted by Crippen LogP contribution is -2.34. The van der Waals surface area contributed by atoms with Crippen molar-refractivity contribution in [1.82, 2.24) is 25.0 Å². The van der Waals surface area contributed by atoms with Gasteiger partial charge in [0.2, 0.25) is 0 Å². The van der Waals surface area contributed by atoms with Gasteiger partial charge in [0, 0.05) is 44.3 Å². The standard InChI is InChI=1S/C21H30N6/c1-2-11-26(10-1)19-5-3-17(4-6-19)16-25-12-7-18(8-13-25)21-24-23-20-15-22-9-14-27(20)21/h3-6,18,22H,1-2,7-16H2. The van der Waals surface area contributed by atoms with Crippen LogP contribution in [0.5, 0.6) is 0 Å². The van der Waals surface area contributed by atoms with Gasteiger partial charge in [0.25, 0.3) is 0 Å². The molecule has 0 unspecified atom stereocenters. The lowest BCUT2D eigenvalue weighted by molar-refractivity contribution is 0.199. The van der Waals surface area contributed by atoms with Gasteiger partial charge in [0.05, 0.1) is 6.54 Å². The van der Waals surface area contributed by atoms with Crippen molar-refractivity contribution in [1.29, 1.82) is 0 Å². The summed E-state index contributed by atoms with van der Waals surface area (Å²) in [5.74, 6) is 2.90. The van der Waals surface area contributed by atoms with Crippen LogP contribution in [0.15, 0.2) is 24.3 Å². The Morgan fingerprint density at radius 2 is 1.70 bits per heavy atom. The maximum absolute atomic E-state index is 4.53. The van der Waals surface area contributed by atoms with Gasteiger partial charge in [0.15, 0.2) is 0 Å². The normalized spacial score (nSPS) is 21.6. The number of nitrogens with zero attached hydrogens (tertiary/aromatic N) is 5. The number of fused-ring (bicyclic) bond motifs is 1. The topological polar surface area (TPSA) is 49.2 Å². The van der Waals surface area contributed by atoms with Gasteiger partial charge in [-0.1, -0.05) is 12.1 Å². The van der Waals surface area contributed by atoms with Crippen molar-refractivity contribution in [2.45, 2.75) is 51.2 Å². The third-order valence-corrected chi connectivity index (χ3v) is 6.42. The van der Waals surface area contributed by atoms with Crippen LogP contribution in [-0.2, 0) is 19.6 Å². The Balaban J connectivity index is 1.17. The lowest BCUT2D eigenvalue weighted by Gasteiger charge is -2.32. The first-order valence-corrected chi connectivity index (χ1v) is 10.6. The number of aromatic nitrogens is 3. The van der Waals surface area contributed by atoms with Gasteiger partial charge in [0.1, 0.15) is 11.6 Å². The van der Waals surface area contributed by atoms with E-state index in [2.05, 4.69) is 54.1 Å². The molecule has 0 radical (unpaired) electrons. The minimum absolute atomic E-state index is 0.568. The van der Waals surface area contributed by atoms with E-state index < -0.39 is 0 Å². The minimum Gasteiger partial charge on any atom is -0.372 e. The smallest absolute Gasteiger partial charge is 0.147 e. The second-order valence-electron chi connectivity index (χ2n) is 8.21. The molecule has 0 aliphatic carbocycles. The zero-order valence-electron chi connectivity index (χ0n) is 16.1. The summed E-state index contributed by atoms with van der Waals surface area (Å²) in [6.07, 6.45) is 5.06. The van der Waals surface area contributed by atoms with Crippen LogP contribution < -0.4 is 10.2 Å². The second kappa shape index (κ2) is 7.60. The maximum atomic E-state index is 4.53. The molecular formula is C21H30N6. The van der Waals surface area contributed by atoms with E-state index in [1.54, 1.807) is 0 Å². The summed E-state index contributed by atoms with van der Waals surface area (Å²) in [6.45, 7) is 8.71. The molecule has 4 heterocycles. The number of benzene rings is 1. The Morgan fingerprint density at radius 1 is 0.926 bits per heavy atom. The monoisotopic (exact) mass is 366 g/mol. The zero-order chi connectivity index (χ0) is 18.1. The van der Waals surface area contributed by atoms with Crippen molar-refractivity contribution in [2.24, 2.45) is 0 Å². The van der Waals surface area contributed by atoms with Gasteiger partial charge in [-0.2, -0.15) is 0 Å². The SMILES string of the molecule is c1cc(N2CCCC2)ccc1CN1CCC(c2nnc3n2CCNC3)CC1. The van der Waals surface area contributed by atoms with Crippen molar-refractivity contribution in [3.8, 4) is 0 Å². The van der Waals surface area contributed by atoms with E-state index in [1.807, 2.05) is 0 Å². The summed E-state index contributed by atoms with van der Waals surface area (Å²) in [4.78, 5) is 5.10. The second-order valence-corrected chi connectivity index (χ2v) is 8.21. The molecule has 144 valence electrons. The van der Waals surface area contributed by atoms with Crippen molar-refractivity contribution in [3.63, 3.8) is 0 Å². The Bertz CT molecular complexity index is 753. The van der Waals surface area contributed by atoms with Crippen molar-refractivity contribution in [3.05, 3.63) is 41.5 Å². The molecule has 1 aromatic carbocycles. The van der Waals surface area contributed by atoms with Gasteiger partial charge in [-0.3, -0.25) is 4.90 Å². The Kier molecular flexibility index (Phi) is 4.84. The quantitative estimate of drug-likeness (QED) is 0.900. The van der Waals surface area contributed by atoms with E-state index in [4.69, 9.17) is 0 Å². The summed E-state index contributed by atoms with van der Waals surface area (Å²) in [6, 6.07) is 9.26. The highest BCUT2D eigenvalue weighted by atomic mass is 15.3. The molecule has 1 aromatic heterocycles. The van der Waals surface area contributed by atoms with Crippen LogP contribution in [0.3, 0.4) is 0 Å². The average Bonchev–Trinajstić information content (AvgIpc) is 3.39. The predicted octanol–water partition coefficient (Wildman–Crippen LogP) is 2.36. The fourth-order valence-electron chi connectivity index (χ4n) is 4.81. The molecule has 2 saturated heterocycles. The third-order valence-electron chi connectivity index (χ3n) is 6.42. The summed E-state index contributed by atoms with van der Waals surface area (Å²) in [7, 11) is 0. The molecule has 6 heteroatoms. The van der Waals surface area contributed by atoms with Gasteiger partial charge >= 0.3 is 0 Å². The Morgan fingerprint density at radius 3 is 2.48 bits per heavy atom. The zero-order valence-corrected chi connectivity index (χ0v) is 16.1. The molecule has 6 nitrogen and oxygen atoms in total. The molecule has 0 saturated carbocycles. The summed E-state index contributed by atoms with van der Waals surface area (Å²) in [5, 5.41) is 12.3. The van der Waals surface area contributed by atoms with Crippen LogP contribution in [0.1, 0.15) is 48.8 Å². The number of hydrogen-bond donors (Lipinski definition) is 1. The first-order valence-electron chi connectivity index (χ1n) is 10.6. The van der Waals surface area contributed by atoms with E-state index in [-0.39, 0.29) is 0 Å². The highest BCUT2D eigenvalue weighted by molar-refractivity contribution is 5.48. The fourth-order valence-corrected chi connectivity index (χ4v) is 4.81. The number of rotatable bonds is 4. The Labute approximate surface area is 161 Å². The van der Waals surface area contributed by atoms with Gasteiger partial charge in [-0.15, -0.1) is 10.2 Å². The number of anilines is 1. The van der Waals surface area contributed by atoms with E-state index in [0.717, 1.165) is 45.1 Å². The highest BCUT2D eigenvalue weighted by Gasteiger charge is 2.27. The van der Waals surface area contributed by atoms with Crippen LogP contribution in [0.25, 0.3) is 0 Å². The molecule has 2 fully saturated rings. The summed E-state index contributed by atoms with van der Waals surface area (Å²) in [5.41, 5.74) is 2.82. The lowest BCUT2D eigenvalue weighted by atomic mass is 9.95. The molecule has 0 atom stereocenters. The highest BCUT2D eigenvalue weighted by Crippen LogP contribution is 2.29. The molecular weight excluding hydrogens is 336 g/mol. The van der Waals surface area contributed by atoms with Crippen molar-refractivity contribution >= 4 is 5.69 Å². The fraction of sp³-hybridized carbons (Fsp3) is 0.619. The van der Waals surface area contributed by atoms with Crippen LogP contribution in [-0.4, -0.2) is 52.4 Å². The average molecular weight is 367 g/mol. The molecule has 0 bridgehead atoms. The number of likely N-dealkylation sites (tertiary alicyclic amines) is 1. The molecule has 2 aromatic rings. The van der Waals surface area contributed by atoms with Crippen LogP contribution in [0.4, 0.5) is 5.69 Å². The molecule has 1 N–H and O–H groups in total. The summed E-state index contributed by atoms with van der Waals surface area (Å²) >= 11 is 0. The van der Waals surface area contributed by atoms with Crippen molar-refractivity contribution < 1.29 is 0 Å². The molecule has 0 amide bonds. The number of nitrogens with one attached hydrogen (secondary N) is 1. The van der Waals surface area contributed by atoms with E-state index >= 15 is 0 Å². The molecule has 3 aliphatic heterocycles. The van der Waals surface area contributed by atoms with E-state index in [1.165, 1.54) is 55.8 Å². The minimum atomic E-state index is 0.568. The van der Waals surface area contributed by atoms with E-state index in [0.29, 0.717) is 5.92 Å². The first-order chi connectivity index (χ1) is 13.4. The van der Waals surface area contributed by atoms with Crippen LogP contribution in [0.2, 0.25) is 0 Å². The largest absolute Gasteiger partial charge is 0.372 e. The number of piperidine rings is 1. The Hall–Kier alpha value is -1.92. The van der Waals surface area contributed by atoms with Crippen LogP contribution >= 0.6 is 0 Å².